The van der Waals surface area contributed by atoms with Gasteiger partial charge in [-0.15, -0.1) is 0 Å². The third-order valence-corrected chi connectivity index (χ3v) is 5.87. The summed E-state index contributed by atoms with van der Waals surface area (Å²) in [6, 6.07) is 3.83. The Balaban J connectivity index is 1.39. The molecule has 3 aliphatic heterocycles. The van der Waals surface area contributed by atoms with Crippen molar-refractivity contribution in [1.82, 2.24) is 14.8 Å². The van der Waals surface area contributed by atoms with Gasteiger partial charge in [0.2, 0.25) is 0 Å². The zero-order chi connectivity index (χ0) is 17.8. The fraction of sp³-hybridized carbons (Fsp3) is 0.700. The van der Waals surface area contributed by atoms with Crippen molar-refractivity contribution in [2.45, 2.75) is 25.7 Å². The third kappa shape index (κ3) is 4.01. The van der Waals surface area contributed by atoms with Gasteiger partial charge in [-0.2, -0.15) is 0 Å². The first-order valence-corrected chi connectivity index (χ1v) is 10.1. The van der Waals surface area contributed by atoms with Crippen molar-refractivity contribution < 1.29 is 9.53 Å². The molecule has 4 heterocycles. The molecule has 26 heavy (non-hydrogen) atoms. The van der Waals surface area contributed by atoms with Crippen LogP contribution in [0, 0.1) is 5.92 Å². The van der Waals surface area contributed by atoms with Gasteiger partial charge in [0.25, 0.3) is 5.91 Å². The van der Waals surface area contributed by atoms with E-state index in [1.54, 1.807) is 0 Å². The second-order valence-corrected chi connectivity index (χ2v) is 7.74. The predicted molar refractivity (Wildman–Crippen MR) is 102 cm³/mol. The van der Waals surface area contributed by atoms with Crippen LogP contribution in [0.4, 0.5) is 5.82 Å². The second kappa shape index (κ2) is 8.35. The van der Waals surface area contributed by atoms with Crippen LogP contribution < -0.4 is 4.90 Å². The molecule has 1 aromatic rings. The van der Waals surface area contributed by atoms with Crippen molar-refractivity contribution in [2.75, 3.05) is 63.9 Å². The van der Waals surface area contributed by atoms with Gasteiger partial charge in [-0.25, -0.2) is 4.98 Å². The molecule has 0 bridgehead atoms. The van der Waals surface area contributed by atoms with Gasteiger partial charge < -0.3 is 14.5 Å². The topological polar surface area (TPSA) is 48.9 Å². The van der Waals surface area contributed by atoms with E-state index < -0.39 is 0 Å². The normalized spacial score (nSPS) is 24.8. The summed E-state index contributed by atoms with van der Waals surface area (Å²) in [6.45, 7) is 8.66. The van der Waals surface area contributed by atoms with Crippen LogP contribution in [-0.2, 0) is 4.74 Å². The Kier molecular flexibility index (Phi) is 5.70. The molecular weight excluding hydrogens is 328 g/mol. The molecule has 3 saturated heterocycles. The van der Waals surface area contributed by atoms with Crippen molar-refractivity contribution >= 4 is 11.7 Å². The predicted octanol–water partition coefficient (Wildman–Crippen LogP) is 1.87. The molecule has 142 valence electrons. The van der Waals surface area contributed by atoms with E-state index in [1.165, 1.54) is 12.8 Å². The third-order valence-electron chi connectivity index (χ3n) is 5.87. The van der Waals surface area contributed by atoms with Crippen LogP contribution in [0.1, 0.15) is 36.0 Å². The lowest BCUT2D eigenvalue weighted by Gasteiger charge is -2.37. The first kappa shape index (κ1) is 17.7. The van der Waals surface area contributed by atoms with Crippen LogP contribution in [0.25, 0.3) is 0 Å². The highest BCUT2D eigenvalue weighted by Gasteiger charge is 2.27. The number of carbonyl (C=O) groups is 1. The number of piperidine rings is 1. The molecule has 3 aliphatic rings. The van der Waals surface area contributed by atoms with Crippen molar-refractivity contribution in [3.8, 4) is 0 Å². The molecular formula is C20H30N4O2. The molecule has 0 spiro atoms. The minimum Gasteiger partial charge on any atom is -0.381 e. The lowest BCUT2D eigenvalue weighted by Crippen LogP contribution is -2.48. The van der Waals surface area contributed by atoms with E-state index in [0.717, 1.165) is 83.3 Å². The molecule has 0 saturated carbocycles. The Morgan fingerprint density at radius 1 is 1.12 bits per heavy atom. The minimum absolute atomic E-state index is 0.151. The van der Waals surface area contributed by atoms with Crippen LogP contribution in [0.2, 0.25) is 0 Å². The molecule has 1 aromatic heterocycles. The molecule has 0 aromatic carbocycles. The fourth-order valence-corrected chi connectivity index (χ4v) is 4.32. The summed E-state index contributed by atoms with van der Waals surface area (Å²) in [6.07, 6.45) is 6.47. The zero-order valence-electron chi connectivity index (χ0n) is 15.6. The van der Waals surface area contributed by atoms with Crippen LogP contribution in [0.3, 0.4) is 0 Å². The Labute approximate surface area is 156 Å². The van der Waals surface area contributed by atoms with Crippen molar-refractivity contribution in [2.24, 2.45) is 5.92 Å². The number of rotatable bonds is 4. The standard InChI is InChI=1S/C20H30N4O2/c25-20(24-8-2-1-3-9-24)18-5-4-7-21-19(18)23-12-10-22(11-13-23)15-17-6-14-26-16-17/h4-5,7,17H,1-3,6,8-16H2. The Bertz CT molecular complexity index is 604. The van der Waals surface area contributed by atoms with Crippen LogP contribution >= 0.6 is 0 Å². The molecule has 6 heteroatoms. The molecule has 1 atom stereocenters. The summed E-state index contributed by atoms with van der Waals surface area (Å²) in [7, 11) is 0. The molecule has 0 aliphatic carbocycles. The van der Waals surface area contributed by atoms with Gasteiger partial charge in [0.05, 0.1) is 12.2 Å². The van der Waals surface area contributed by atoms with E-state index in [9.17, 15) is 4.79 Å². The SMILES string of the molecule is O=C(c1cccnc1N1CCN(CC2CCOC2)CC1)N1CCCCC1. The zero-order valence-corrected chi connectivity index (χ0v) is 15.6. The summed E-state index contributed by atoms with van der Waals surface area (Å²) in [5.41, 5.74) is 0.770. The summed E-state index contributed by atoms with van der Waals surface area (Å²) in [4.78, 5) is 24.4. The quantitative estimate of drug-likeness (QED) is 0.822. The number of aromatic nitrogens is 1. The van der Waals surface area contributed by atoms with E-state index in [2.05, 4.69) is 14.8 Å². The number of ether oxygens (including phenoxy) is 1. The molecule has 1 amide bonds. The molecule has 0 N–H and O–H groups in total. The van der Waals surface area contributed by atoms with Crippen molar-refractivity contribution in [1.29, 1.82) is 0 Å². The van der Waals surface area contributed by atoms with E-state index in [4.69, 9.17) is 4.74 Å². The number of hydrogen-bond donors (Lipinski definition) is 0. The maximum Gasteiger partial charge on any atom is 0.257 e. The molecule has 4 rings (SSSR count). The van der Waals surface area contributed by atoms with E-state index >= 15 is 0 Å². The number of anilines is 1. The summed E-state index contributed by atoms with van der Waals surface area (Å²) in [5, 5.41) is 0. The molecule has 3 fully saturated rings. The van der Waals surface area contributed by atoms with Gasteiger partial charge in [0, 0.05) is 58.6 Å². The van der Waals surface area contributed by atoms with Gasteiger partial charge in [-0.05, 0) is 43.7 Å². The number of hydrogen-bond acceptors (Lipinski definition) is 5. The highest BCUT2D eigenvalue weighted by Crippen LogP contribution is 2.23. The van der Waals surface area contributed by atoms with Crippen molar-refractivity contribution in [3.63, 3.8) is 0 Å². The van der Waals surface area contributed by atoms with E-state index in [0.29, 0.717) is 5.92 Å². The van der Waals surface area contributed by atoms with Gasteiger partial charge in [-0.1, -0.05) is 0 Å². The second-order valence-electron chi connectivity index (χ2n) is 7.74. The van der Waals surface area contributed by atoms with Crippen LogP contribution in [0.5, 0.6) is 0 Å². The van der Waals surface area contributed by atoms with Crippen LogP contribution in [-0.4, -0.2) is 79.7 Å². The average Bonchev–Trinajstić information content (AvgIpc) is 3.22. The first-order valence-electron chi connectivity index (χ1n) is 10.1. The molecule has 0 radical (unpaired) electrons. The maximum absolute atomic E-state index is 13.0. The van der Waals surface area contributed by atoms with Crippen molar-refractivity contribution in [3.05, 3.63) is 23.9 Å². The number of piperazine rings is 1. The molecule has 1 unspecified atom stereocenters. The first-order chi connectivity index (χ1) is 12.8. The smallest absolute Gasteiger partial charge is 0.257 e. The number of pyridine rings is 1. The highest BCUT2D eigenvalue weighted by atomic mass is 16.5. The Morgan fingerprint density at radius 3 is 2.65 bits per heavy atom. The number of amides is 1. The van der Waals surface area contributed by atoms with Gasteiger partial charge in [-0.3, -0.25) is 9.69 Å². The Morgan fingerprint density at radius 2 is 1.92 bits per heavy atom. The lowest BCUT2D eigenvalue weighted by atomic mass is 10.1. The van der Waals surface area contributed by atoms with Crippen LogP contribution in [0.15, 0.2) is 18.3 Å². The van der Waals surface area contributed by atoms with E-state index in [1.807, 2.05) is 23.2 Å². The van der Waals surface area contributed by atoms with Gasteiger partial charge in [0.1, 0.15) is 5.82 Å². The maximum atomic E-state index is 13.0. The van der Waals surface area contributed by atoms with Gasteiger partial charge >= 0.3 is 0 Å². The largest absolute Gasteiger partial charge is 0.381 e. The minimum atomic E-state index is 0.151. The van der Waals surface area contributed by atoms with E-state index in [-0.39, 0.29) is 5.91 Å². The Hall–Kier alpha value is -1.66. The summed E-state index contributed by atoms with van der Waals surface area (Å²) < 4.78 is 5.50. The lowest BCUT2D eigenvalue weighted by molar-refractivity contribution is 0.0724. The van der Waals surface area contributed by atoms with Gasteiger partial charge in [0.15, 0.2) is 0 Å². The summed E-state index contributed by atoms with van der Waals surface area (Å²) >= 11 is 0. The number of carbonyl (C=O) groups excluding carboxylic acids is 1. The fourth-order valence-electron chi connectivity index (χ4n) is 4.32. The number of likely N-dealkylation sites (tertiary alicyclic amines) is 1. The molecule has 6 nitrogen and oxygen atoms in total. The highest BCUT2D eigenvalue weighted by molar-refractivity contribution is 5.99. The summed E-state index contributed by atoms with van der Waals surface area (Å²) in [5.74, 6) is 1.71. The average molecular weight is 358 g/mol. The monoisotopic (exact) mass is 358 g/mol. The number of nitrogens with zero attached hydrogens (tertiary/aromatic N) is 4.